The number of carbonyl (C=O) groups excluding carboxylic acids is 1. The standard InChI is InChI=1S/C18H22N4OS/c1-12-8-10-21(11-9-12)15(14-6-4-3-5-7-14)16-17(23)22-18(24-16)19-13(2)20-22/h3-7,12,15-16H,8-11H2,1-2H3. The average Bonchev–Trinajstić information content (AvgIpc) is 3.09. The van der Waals surface area contributed by atoms with E-state index in [0.29, 0.717) is 5.82 Å². The van der Waals surface area contributed by atoms with E-state index in [1.54, 1.807) is 11.8 Å². The summed E-state index contributed by atoms with van der Waals surface area (Å²) in [6.45, 7) is 6.22. The third-order valence-electron chi connectivity index (χ3n) is 5.01. The van der Waals surface area contributed by atoms with Gasteiger partial charge in [0.1, 0.15) is 11.1 Å². The Morgan fingerprint density at radius 1 is 1.21 bits per heavy atom. The van der Waals surface area contributed by atoms with Gasteiger partial charge in [0.05, 0.1) is 6.04 Å². The van der Waals surface area contributed by atoms with Crippen molar-refractivity contribution in [2.24, 2.45) is 5.92 Å². The number of hydrogen-bond acceptors (Lipinski definition) is 5. The van der Waals surface area contributed by atoms with Gasteiger partial charge in [-0.3, -0.25) is 9.69 Å². The van der Waals surface area contributed by atoms with Crippen molar-refractivity contribution in [2.45, 2.75) is 43.1 Å². The molecule has 24 heavy (non-hydrogen) atoms. The molecule has 3 heterocycles. The maximum absolute atomic E-state index is 12.9. The van der Waals surface area contributed by atoms with Crippen LogP contribution in [0.4, 0.5) is 0 Å². The van der Waals surface area contributed by atoms with Crippen molar-refractivity contribution in [1.29, 1.82) is 0 Å². The van der Waals surface area contributed by atoms with Crippen molar-refractivity contribution >= 4 is 17.7 Å². The molecular formula is C18H22N4OS. The summed E-state index contributed by atoms with van der Waals surface area (Å²) >= 11 is 1.56. The quantitative estimate of drug-likeness (QED) is 0.857. The molecule has 0 saturated carbocycles. The van der Waals surface area contributed by atoms with E-state index in [-0.39, 0.29) is 17.2 Å². The smallest absolute Gasteiger partial charge is 0.264 e. The molecule has 2 aliphatic rings. The number of carbonyl (C=O) groups is 1. The zero-order valence-corrected chi connectivity index (χ0v) is 14.9. The summed E-state index contributed by atoms with van der Waals surface area (Å²) in [5, 5.41) is 4.83. The predicted octanol–water partition coefficient (Wildman–Crippen LogP) is 3.17. The second-order valence-corrected chi connectivity index (χ2v) is 7.91. The zero-order chi connectivity index (χ0) is 16.7. The SMILES string of the molecule is Cc1nc2n(n1)C(=O)C(C(c1ccccc1)N1CCC(C)CC1)S2. The highest BCUT2D eigenvalue weighted by Crippen LogP contribution is 2.41. The van der Waals surface area contributed by atoms with Crippen molar-refractivity contribution in [3.8, 4) is 0 Å². The molecule has 1 saturated heterocycles. The first-order valence-electron chi connectivity index (χ1n) is 8.57. The molecule has 6 heteroatoms. The Kier molecular flexibility index (Phi) is 4.18. The molecule has 0 aliphatic carbocycles. The zero-order valence-electron chi connectivity index (χ0n) is 14.1. The van der Waals surface area contributed by atoms with Crippen LogP contribution < -0.4 is 0 Å². The molecule has 1 fully saturated rings. The lowest BCUT2D eigenvalue weighted by Crippen LogP contribution is -2.42. The van der Waals surface area contributed by atoms with E-state index in [0.717, 1.165) is 24.2 Å². The molecule has 126 valence electrons. The second kappa shape index (κ2) is 6.33. The molecule has 4 rings (SSSR count). The highest BCUT2D eigenvalue weighted by atomic mass is 32.2. The highest BCUT2D eigenvalue weighted by molar-refractivity contribution is 8.00. The monoisotopic (exact) mass is 342 g/mol. The van der Waals surface area contributed by atoms with Crippen LogP contribution in [-0.2, 0) is 0 Å². The minimum atomic E-state index is -0.170. The summed E-state index contributed by atoms with van der Waals surface area (Å²) in [5.41, 5.74) is 1.21. The molecule has 2 unspecified atom stereocenters. The number of fused-ring (bicyclic) bond motifs is 1. The van der Waals surface area contributed by atoms with Gasteiger partial charge in [0.25, 0.3) is 5.91 Å². The van der Waals surface area contributed by atoms with E-state index in [9.17, 15) is 4.79 Å². The lowest BCUT2D eigenvalue weighted by atomic mass is 9.94. The van der Waals surface area contributed by atoms with Crippen LogP contribution in [0.15, 0.2) is 35.5 Å². The lowest BCUT2D eigenvalue weighted by molar-refractivity contribution is 0.0799. The van der Waals surface area contributed by atoms with Crippen LogP contribution in [-0.4, -0.2) is 43.9 Å². The Balaban J connectivity index is 1.66. The fraction of sp³-hybridized carbons (Fsp3) is 0.500. The van der Waals surface area contributed by atoms with Gasteiger partial charge in [0.2, 0.25) is 0 Å². The van der Waals surface area contributed by atoms with Crippen LogP contribution in [0.1, 0.15) is 42.0 Å². The maximum atomic E-state index is 12.9. The van der Waals surface area contributed by atoms with Gasteiger partial charge >= 0.3 is 0 Å². The summed E-state index contributed by atoms with van der Waals surface area (Å²) in [6, 6.07) is 10.5. The minimum Gasteiger partial charge on any atom is -0.295 e. The Bertz CT molecular complexity index is 737. The highest BCUT2D eigenvalue weighted by Gasteiger charge is 2.43. The van der Waals surface area contributed by atoms with Crippen LogP contribution in [0.5, 0.6) is 0 Å². The molecule has 1 aromatic heterocycles. The van der Waals surface area contributed by atoms with E-state index in [4.69, 9.17) is 0 Å². The lowest BCUT2D eigenvalue weighted by Gasteiger charge is -2.38. The Hall–Kier alpha value is -1.66. The summed E-state index contributed by atoms with van der Waals surface area (Å²) in [7, 11) is 0. The maximum Gasteiger partial charge on any atom is 0.264 e. The van der Waals surface area contributed by atoms with Gasteiger partial charge in [0, 0.05) is 0 Å². The Morgan fingerprint density at radius 3 is 2.58 bits per heavy atom. The van der Waals surface area contributed by atoms with Crippen LogP contribution in [0.2, 0.25) is 0 Å². The molecule has 0 radical (unpaired) electrons. The summed E-state index contributed by atoms with van der Waals surface area (Å²) in [6.07, 6.45) is 2.38. The molecule has 5 nitrogen and oxygen atoms in total. The minimum absolute atomic E-state index is 0.0584. The number of piperidine rings is 1. The van der Waals surface area contributed by atoms with Crippen LogP contribution in [0.25, 0.3) is 0 Å². The fourth-order valence-corrected chi connectivity index (χ4v) is 4.93. The summed E-state index contributed by atoms with van der Waals surface area (Å²) in [5.74, 6) is 1.49. The largest absolute Gasteiger partial charge is 0.295 e. The van der Waals surface area contributed by atoms with Gasteiger partial charge in [-0.2, -0.15) is 4.68 Å². The second-order valence-electron chi connectivity index (χ2n) is 6.80. The number of likely N-dealkylation sites (tertiary alicyclic amines) is 1. The average molecular weight is 342 g/mol. The molecule has 2 aromatic rings. The number of aryl methyl sites for hydroxylation is 1. The molecule has 0 bridgehead atoms. The fourth-order valence-electron chi connectivity index (χ4n) is 3.63. The third kappa shape index (κ3) is 2.78. The number of nitrogens with zero attached hydrogens (tertiary/aromatic N) is 4. The van der Waals surface area contributed by atoms with Crippen molar-refractivity contribution < 1.29 is 4.79 Å². The molecular weight excluding hydrogens is 320 g/mol. The number of benzene rings is 1. The summed E-state index contributed by atoms with van der Waals surface area (Å²) in [4.78, 5) is 19.8. The molecule has 2 aliphatic heterocycles. The summed E-state index contributed by atoms with van der Waals surface area (Å²) < 4.78 is 1.49. The molecule has 0 amide bonds. The van der Waals surface area contributed by atoms with E-state index >= 15 is 0 Å². The molecule has 1 aromatic carbocycles. The van der Waals surface area contributed by atoms with Crippen molar-refractivity contribution in [3.05, 3.63) is 41.7 Å². The van der Waals surface area contributed by atoms with Crippen LogP contribution >= 0.6 is 11.8 Å². The van der Waals surface area contributed by atoms with Gasteiger partial charge in [-0.05, 0) is 44.3 Å². The van der Waals surface area contributed by atoms with Gasteiger partial charge in [-0.15, -0.1) is 5.10 Å². The van der Waals surface area contributed by atoms with E-state index in [2.05, 4.69) is 46.2 Å². The number of aromatic nitrogens is 3. The Labute approximate surface area is 146 Å². The van der Waals surface area contributed by atoms with E-state index in [1.165, 1.54) is 23.1 Å². The molecule has 0 spiro atoms. The van der Waals surface area contributed by atoms with Gasteiger partial charge in [0.15, 0.2) is 5.16 Å². The van der Waals surface area contributed by atoms with Crippen molar-refractivity contribution in [1.82, 2.24) is 19.7 Å². The van der Waals surface area contributed by atoms with Crippen molar-refractivity contribution in [3.63, 3.8) is 0 Å². The van der Waals surface area contributed by atoms with Crippen LogP contribution in [0, 0.1) is 12.8 Å². The number of rotatable bonds is 3. The van der Waals surface area contributed by atoms with Gasteiger partial charge < -0.3 is 0 Å². The first kappa shape index (κ1) is 15.8. The van der Waals surface area contributed by atoms with Gasteiger partial charge in [-0.1, -0.05) is 49.0 Å². The first-order valence-corrected chi connectivity index (χ1v) is 9.45. The number of hydrogen-bond donors (Lipinski definition) is 0. The normalized spacial score (nSPS) is 23.4. The first-order chi connectivity index (χ1) is 11.6. The Morgan fingerprint density at radius 2 is 1.92 bits per heavy atom. The molecule has 2 atom stereocenters. The third-order valence-corrected chi connectivity index (χ3v) is 6.20. The van der Waals surface area contributed by atoms with E-state index < -0.39 is 0 Å². The van der Waals surface area contributed by atoms with E-state index in [1.807, 2.05) is 13.0 Å². The van der Waals surface area contributed by atoms with Gasteiger partial charge in [-0.25, -0.2) is 4.98 Å². The molecule has 0 N–H and O–H groups in total. The van der Waals surface area contributed by atoms with Crippen molar-refractivity contribution in [2.75, 3.05) is 13.1 Å². The van der Waals surface area contributed by atoms with Crippen LogP contribution in [0.3, 0.4) is 0 Å². The number of thioether (sulfide) groups is 1. The topological polar surface area (TPSA) is 51.0 Å². The predicted molar refractivity (Wildman–Crippen MR) is 94.2 cm³/mol.